The van der Waals surface area contributed by atoms with Gasteiger partial charge in [0.2, 0.25) is 0 Å². The summed E-state index contributed by atoms with van der Waals surface area (Å²) in [6, 6.07) is 6.00. The smallest absolute Gasteiger partial charge is 0.321 e. The molecule has 2 rings (SSSR count). The van der Waals surface area contributed by atoms with Crippen molar-refractivity contribution in [2.45, 2.75) is 39.7 Å². The lowest BCUT2D eigenvalue weighted by molar-refractivity contribution is 0.0820. The van der Waals surface area contributed by atoms with Crippen molar-refractivity contribution in [3.05, 3.63) is 29.3 Å². The molecule has 0 spiro atoms. The van der Waals surface area contributed by atoms with E-state index in [9.17, 15) is 9.90 Å². The van der Waals surface area contributed by atoms with Crippen LogP contribution in [0.25, 0.3) is 0 Å². The zero-order valence-corrected chi connectivity index (χ0v) is 12.5. The normalized spacial score (nSPS) is 17.9. The van der Waals surface area contributed by atoms with Gasteiger partial charge in [-0.15, -0.1) is 0 Å². The molecular weight excluding hydrogens is 252 g/mol. The molecule has 4 nitrogen and oxygen atoms in total. The molecule has 1 atom stereocenters. The molecule has 0 aliphatic carbocycles. The number of urea groups is 1. The Bertz CT molecular complexity index is 457. The van der Waals surface area contributed by atoms with Crippen molar-refractivity contribution >= 4 is 11.7 Å². The minimum atomic E-state index is -0.278. The van der Waals surface area contributed by atoms with Gasteiger partial charge < -0.3 is 15.3 Å². The number of carbonyl (C=O) groups excluding carboxylic acids is 1. The van der Waals surface area contributed by atoms with Gasteiger partial charge in [-0.05, 0) is 62.8 Å². The van der Waals surface area contributed by atoms with Gasteiger partial charge in [-0.2, -0.15) is 0 Å². The lowest BCUT2D eigenvalue weighted by Gasteiger charge is -2.33. The van der Waals surface area contributed by atoms with E-state index in [0.717, 1.165) is 29.7 Å². The second-order valence-electron chi connectivity index (χ2n) is 5.87. The minimum Gasteiger partial charge on any atom is -0.393 e. The maximum Gasteiger partial charge on any atom is 0.321 e. The van der Waals surface area contributed by atoms with E-state index in [4.69, 9.17) is 0 Å². The van der Waals surface area contributed by atoms with Crippen LogP contribution in [0, 0.1) is 19.8 Å². The van der Waals surface area contributed by atoms with Crippen LogP contribution in [0.15, 0.2) is 18.2 Å². The third kappa shape index (κ3) is 3.73. The molecule has 2 amide bonds. The van der Waals surface area contributed by atoms with Gasteiger partial charge in [-0.3, -0.25) is 0 Å². The monoisotopic (exact) mass is 276 g/mol. The number of carbonyl (C=O) groups is 1. The Morgan fingerprint density at radius 2 is 1.80 bits per heavy atom. The number of rotatable bonds is 2. The molecule has 0 bridgehead atoms. The summed E-state index contributed by atoms with van der Waals surface area (Å²) in [6.07, 6.45) is 1.47. The Hall–Kier alpha value is -1.55. The summed E-state index contributed by atoms with van der Waals surface area (Å²) in [7, 11) is 0. The molecule has 1 aliphatic rings. The van der Waals surface area contributed by atoms with Crippen LogP contribution in [0.3, 0.4) is 0 Å². The zero-order chi connectivity index (χ0) is 14.7. The van der Waals surface area contributed by atoms with E-state index >= 15 is 0 Å². The van der Waals surface area contributed by atoms with Crippen LogP contribution in [0.4, 0.5) is 10.5 Å². The molecule has 1 fully saturated rings. The third-order valence-electron chi connectivity index (χ3n) is 3.98. The molecule has 1 heterocycles. The van der Waals surface area contributed by atoms with Gasteiger partial charge in [-0.25, -0.2) is 4.79 Å². The maximum absolute atomic E-state index is 12.2. The van der Waals surface area contributed by atoms with Gasteiger partial charge in [0.15, 0.2) is 0 Å². The van der Waals surface area contributed by atoms with Crippen LogP contribution in [-0.2, 0) is 0 Å². The zero-order valence-electron chi connectivity index (χ0n) is 12.5. The average molecular weight is 276 g/mol. The summed E-state index contributed by atoms with van der Waals surface area (Å²) in [5, 5.41) is 12.5. The number of amides is 2. The largest absolute Gasteiger partial charge is 0.393 e. The van der Waals surface area contributed by atoms with Gasteiger partial charge in [0.25, 0.3) is 0 Å². The van der Waals surface area contributed by atoms with E-state index in [1.807, 2.05) is 37.8 Å². The van der Waals surface area contributed by atoms with Crippen molar-refractivity contribution < 1.29 is 9.90 Å². The molecule has 0 radical (unpaired) electrons. The Morgan fingerprint density at radius 1 is 1.25 bits per heavy atom. The maximum atomic E-state index is 12.2. The van der Waals surface area contributed by atoms with Crippen molar-refractivity contribution in [2.24, 2.45) is 5.92 Å². The fourth-order valence-electron chi connectivity index (χ4n) is 2.83. The van der Waals surface area contributed by atoms with Gasteiger partial charge in [0.05, 0.1) is 6.10 Å². The second-order valence-corrected chi connectivity index (χ2v) is 5.87. The van der Waals surface area contributed by atoms with Crippen LogP contribution < -0.4 is 5.32 Å². The third-order valence-corrected chi connectivity index (χ3v) is 3.98. The number of hydrogen-bond acceptors (Lipinski definition) is 2. The first-order valence-corrected chi connectivity index (χ1v) is 7.28. The summed E-state index contributed by atoms with van der Waals surface area (Å²) in [6.45, 7) is 7.31. The predicted octanol–water partition coefficient (Wildman–Crippen LogP) is 2.93. The van der Waals surface area contributed by atoms with Gasteiger partial charge in [-0.1, -0.05) is 6.07 Å². The lowest BCUT2D eigenvalue weighted by Crippen LogP contribution is -2.42. The van der Waals surface area contributed by atoms with Crippen molar-refractivity contribution in [3.63, 3.8) is 0 Å². The van der Waals surface area contributed by atoms with Gasteiger partial charge in [0, 0.05) is 18.8 Å². The van der Waals surface area contributed by atoms with E-state index in [-0.39, 0.29) is 12.1 Å². The number of aliphatic hydroxyl groups is 1. The fraction of sp³-hybridized carbons (Fsp3) is 0.562. The molecule has 110 valence electrons. The van der Waals surface area contributed by atoms with Crippen molar-refractivity contribution in [3.8, 4) is 0 Å². The first-order valence-electron chi connectivity index (χ1n) is 7.28. The average Bonchev–Trinajstić information content (AvgIpc) is 2.37. The summed E-state index contributed by atoms with van der Waals surface area (Å²) in [4.78, 5) is 14.0. The lowest BCUT2D eigenvalue weighted by atomic mass is 9.92. The van der Waals surface area contributed by atoms with E-state index in [1.54, 1.807) is 0 Å². The molecule has 1 aromatic rings. The highest BCUT2D eigenvalue weighted by atomic mass is 16.3. The summed E-state index contributed by atoms with van der Waals surface area (Å²) in [5.41, 5.74) is 3.14. The highest BCUT2D eigenvalue weighted by Crippen LogP contribution is 2.21. The van der Waals surface area contributed by atoms with E-state index in [1.165, 1.54) is 0 Å². The van der Waals surface area contributed by atoms with Crippen LogP contribution in [0.1, 0.15) is 30.9 Å². The van der Waals surface area contributed by atoms with Crippen LogP contribution in [0.5, 0.6) is 0 Å². The molecule has 0 aromatic heterocycles. The topological polar surface area (TPSA) is 52.6 Å². The number of aliphatic hydroxyl groups excluding tert-OH is 1. The Labute approximate surface area is 120 Å². The van der Waals surface area contributed by atoms with Gasteiger partial charge in [0.1, 0.15) is 0 Å². The van der Waals surface area contributed by atoms with Crippen molar-refractivity contribution in [1.29, 1.82) is 0 Å². The molecule has 1 aromatic carbocycles. The fourth-order valence-corrected chi connectivity index (χ4v) is 2.83. The van der Waals surface area contributed by atoms with Crippen LogP contribution in [0.2, 0.25) is 0 Å². The highest BCUT2D eigenvalue weighted by Gasteiger charge is 2.25. The highest BCUT2D eigenvalue weighted by molar-refractivity contribution is 5.89. The van der Waals surface area contributed by atoms with E-state index in [2.05, 4.69) is 11.4 Å². The minimum absolute atomic E-state index is 0.0426. The second kappa shape index (κ2) is 6.27. The number of likely N-dealkylation sites (tertiary alicyclic amines) is 1. The molecular formula is C16H24N2O2. The molecule has 1 aliphatic heterocycles. The Morgan fingerprint density at radius 3 is 2.30 bits per heavy atom. The first kappa shape index (κ1) is 14.9. The van der Waals surface area contributed by atoms with Crippen LogP contribution >= 0.6 is 0 Å². The summed E-state index contributed by atoms with van der Waals surface area (Å²) >= 11 is 0. The number of nitrogens with zero attached hydrogens (tertiary/aromatic N) is 1. The standard InChI is InChI=1S/C16H24N2O2/c1-11-8-12(2)10-15(9-11)17-16(20)18-6-4-14(5-7-18)13(3)19/h8-10,13-14,19H,4-7H2,1-3H3,(H,17,20). The molecule has 4 heteroatoms. The number of anilines is 1. The quantitative estimate of drug-likeness (QED) is 0.872. The predicted molar refractivity (Wildman–Crippen MR) is 80.9 cm³/mol. The van der Waals surface area contributed by atoms with Crippen LogP contribution in [-0.4, -0.2) is 35.2 Å². The summed E-state index contributed by atoms with van der Waals surface area (Å²) < 4.78 is 0. The number of benzene rings is 1. The summed E-state index contributed by atoms with van der Waals surface area (Å²) in [5.74, 6) is 0.320. The van der Waals surface area contributed by atoms with Crippen molar-refractivity contribution in [1.82, 2.24) is 4.90 Å². The number of hydrogen-bond donors (Lipinski definition) is 2. The van der Waals surface area contributed by atoms with Gasteiger partial charge >= 0.3 is 6.03 Å². The Kier molecular flexibility index (Phi) is 4.65. The molecule has 2 N–H and O–H groups in total. The molecule has 0 saturated carbocycles. The number of nitrogens with one attached hydrogen (secondary N) is 1. The Balaban J connectivity index is 1.92. The molecule has 20 heavy (non-hydrogen) atoms. The van der Waals surface area contributed by atoms with E-state index in [0.29, 0.717) is 19.0 Å². The first-order chi connectivity index (χ1) is 9.45. The van der Waals surface area contributed by atoms with E-state index < -0.39 is 0 Å². The number of piperidine rings is 1. The molecule has 1 unspecified atom stereocenters. The number of aryl methyl sites for hydroxylation is 2. The molecule has 1 saturated heterocycles. The SMILES string of the molecule is Cc1cc(C)cc(NC(=O)N2CCC(C(C)O)CC2)c1. The van der Waals surface area contributed by atoms with Crippen molar-refractivity contribution in [2.75, 3.05) is 18.4 Å².